The van der Waals surface area contributed by atoms with Gasteiger partial charge < -0.3 is 9.64 Å². The lowest BCUT2D eigenvalue weighted by Gasteiger charge is -2.35. The second-order valence-corrected chi connectivity index (χ2v) is 6.73. The summed E-state index contributed by atoms with van der Waals surface area (Å²) in [5.41, 5.74) is 1.55. The molecule has 0 saturated carbocycles. The minimum atomic E-state index is 0.0754. The van der Waals surface area contributed by atoms with E-state index in [9.17, 15) is 4.79 Å². The Balaban J connectivity index is 1.61. The molecule has 1 amide bonds. The number of rotatable bonds is 4. The van der Waals surface area contributed by atoms with Gasteiger partial charge in [0, 0.05) is 25.5 Å². The quantitative estimate of drug-likeness (QED) is 0.626. The average Bonchev–Trinajstić information content (AvgIpc) is 2.60. The van der Waals surface area contributed by atoms with E-state index < -0.39 is 0 Å². The summed E-state index contributed by atoms with van der Waals surface area (Å²) in [4.78, 5) is 27.3. The van der Waals surface area contributed by atoms with Gasteiger partial charge in [-0.25, -0.2) is 9.97 Å². The molecule has 24 heavy (non-hydrogen) atoms. The van der Waals surface area contributed by atoms with E-state index in [0.29, 0.717) is 24.0 Å². The van der Waals surface area contributed by atoms with Crippen molar-refractivity contribution in [1.29, 1.82) is 0 Å². The van der Waals surface area contributed by atoms with Crippen molar-refractivity contribution < 1.29 is 9.53 Å². The van der Waals surface area contributed by atoms with Gasteiger partial charge in [-0.3, -0.25) is 9.78 Å². The molecule has 2 atom stereocenters. The van der Waals surface area contributed by atoms with Crippen molar-refractivity contribution in [1.82, 2.24) is 19.9 Å². The highest BCUT2D eigenvalue weighted by atomic mass is 32.2. The van der Waals surface area contributed by atoms with Crippen LogP contribution in [0.15, 0.2) is 41.8 Å². The summed E-state index contributed by atoms with van der Waals surface area (Å²) in [7, 11) is 0. The fraction of sp³-hybridized carbons (Fsp3) is 0.412. The molecule has 0 spiro atoms. The first-order chi connectivity index (χ1) is 11.6. The van der Waals surface area contributed by atoms with Gasteiger partial charge in [-0.1, -0.05) is 17.8 Å². The average molecular weight is 344 g/mol. The second kappa shape index (κ2) is 7.72. The fourth-order valence-electron chi connectivity index (χ4n) is 2.67. The van der Waals surface area contributed by atoms with Crippen LogP contribution in [0, 0.1) is 0 Å². The zero-order valence-electron chi connectivity index (χ0n) is 13.8. The van der Waals surface area contributed by atoms with Gasteiger partial charge in [0.15, 0.2) is 5.16 Å². The molecular formula is C17H20N4O2S. The molecule has 0 radical (unpaired) electrons. The van der Waals surface area contributed by atoms with Gasteiger partial charge in [0.25, 0.3) is 0 Å². The standard InChI is InChI=1S/C17H20N4O2S/c1-12-9-21(10-13(2)23-12)16(22)11-24-17-19-8-6-15(20-17)14-5-3-4-7-18-14/h3-8,12-13H,9-11H2,1-2H3. The fourth-order valence-corrected chi connectivity index (χ4v) is 3.40. The molecule has 0 bridgehead atoms. The smallest absolute Gasteiger partial charge is 0.233 e. The van der Waals surface area contributed by atoms with E-state index in [2.05, 4.69) is 15.0 Å². The number of hydrogen-bond acceptors (Lipinski definition) is 6. The normalized spacial score (nSPS) is 20.8. The Labute approximate surface area is 145 Å². The molecule has 7 heteroatoms. The van der Waals surface area contributed by atoms with Gasteiger partial charge in [-0.15, -0.1) is 0 Å². The van der Waals surface area contributed by atoms with Crippen LogP contribution in [0.4, 0.5) is 0 Å². The van der Waals surface area contributed by atoms with Gasteiger partial charge >= 0.3 is 0 Å². The summed E-state index contributed by atoms with van der Waals surface area (Å²) in [5.74, 6) is 0.416. The van der Waals surface area contributed by atoms with Crippen molar-refractivity contribution in [3.63, 3.8) is 0 Å². The van der Waals surface area contributed by atoms with E-state index in [1.165, 1.54) is 11.8 Å². The van der Waals surface area contributed by atoms with E-state index in [4.69, 9.17) is 4.74 Å². The molecule has 1 aliphatic rings. The lowest BCUT2D eigenvalue weighted by atomic mass is 10.2. The Kier molecular flexibility index (Phi) is 5.42. The first-order valence-electron chi connectivity index (χ1n) is 7.92. The monoisotopic (exact) mass is 344 g/mol. The van der Waals surface area contributed by atoms with Crippen LogP contribution in [-0.4, -0.2) is 56.8 Å². The molecule has 2 aromatic heterocycles. The summed E-state index contributed by atoms with van der Waals surface area (Å²) in [6, 6.07) is 7.50. The SMILES string of the molecule is CC1CN(C(=O)CSc2nccc(-c3ccccn3)n2)CC(C)O1. The second-order valence-electron chi connectivity index (χ2n) is 5.78. The van der Waals surface area contributed by atoms with Crippen LogP contribution >= 0.6 is 11.8 Å². The highest BCUT2D eigenvalue weighted by molar-refractivity contribution is 7.99. The molecular weight excluding hydrogens is 324 g/mol. The van der Waals surface area contributed by atoms with Crippen molar-refractivity contribution in [2.24, 2.45) is 0 Å². The van der Waals surface area contributed by atoms with E-state index in [1.54, 1.807) is 12.4 Å². The van der Waals surface area contributed by atoms with E-state index in [0.717, 1.165) is 11.4 Å². The third-order valence-electron chi connectivity index (χ3n) is 3.66. The minimum Gasteiger partial charge on any atom is -0.372 e. The van der Waals surface area contributed by atoms with Crippen molar-refractivity contribution >= 4 is 17.7 Å². The molecule has 2 aromatic rings. The van der Waals surface area contributed by atoms with E-state index >= 15 is 0 Å². The molecule has 1 aliphatic heterocycles. The zero-order valence-corrected chi connectivity index (χ0v) is 14.6. The summed E-state index contributed by atoms with van der Waals surface area (Å²) in [5, 5.41) is 0.584. The van der Waals surface area contributed by atoms with Crippen LogP contribution in [0.2, 0.25) is 0 Å². The van der Waals surface area contributed by atoms with Crippen molar-refractivity contribution in [3.8, 4) is 11.4 Å². The van der Waals surface area contributed by atoms with Gasteiger partial charge in [-0.05, 0) is 32.0 Å². The molecule has 126 valence electrons. The van der Waals surface area contributed by atoms with Crippen molar-refractivity contribution in [2.45, 2.75) is 31.2 Å². The van der Waals surface area contributed by atoms with Gasteiger partial charge in [-0.2, -0.15) is 0 Å². The maximum absolute atomic E-state index is 12.4. The number of aromatic nitrogens is 3. The third kappa shape index (κ3) is 4.30. The predicted octanol–water partition coefficient (Wildman–Crippen LogP) is 2.27. The summed E-state index contributed by atoms with van der Waals surface area (Å²) >= 11 is 1.35. The Bertz CT molecular complexity index is 688. The molecule has 2 unspecified atom stereocenters. The topological polar surface area (TPSA) is 68.2 Å². The van der Waals surface area contributed by atoms with Crippen LogP contribution in [0.1, 0.15) is 13.8 Å². The lowest BCUT2D eigenvalue weighted by Crippen LogP contribution is -2.48. The van der Waals surface area contributed by atoms with Crippen molar-refractivity contribution in [3.05, 3.63) is 36.7 Å². The van der Waals surface area contributed by atoms with Crippen LogP contribution in [-0.2, 0) is 9.53 Å². The van der Waals surface area contributed by atoms with Gasteiger partial charge in [0.2, 0.25) is 5.91 Å². The Morgan fingerprint density at radius 2 is 1.96 bits per heavy atom. The van der Waals surface area contributed by atoms with Crippen LogP contribution < -0.4 is 0 Å². The maximum atomic E-state index is 12.4. The first-order valence-corrected chi connectivity index (χ1v) is 8.91. The Morgan fingerprint density at radius 1 is 1.17 bits per heavy atom. The summed E-state index contributed by atoms with van der Waals surface area (Å²) in [6.07, 6.45) is 3.58. The Hall–Kier alpha value is -1.99. The number of nitrogens with zero attached hydrogens (tertiary/aromatic N) is 4. The molecule has 0 N–H and O–H groups in total. The summed E-state index contributed by atoms with van der Waals surface area (Å²) < 4.78 is 5.66. The highest BCUT2D eigenvalue weighted by Crippen LogP contribution is 2.19. The number of morpholine rings is 1. The molecule has 1 fully saturated rings. The first kappa shape index (κ1) is 16.9. The number of pyridine rings is 1. The van der Waals surface area contributed by atoms with E-state index in [-0.39, 0.29) is 18.1 Å². The number of thioether (sulfide) groups is 1. The molecule has 0 aromatic carbocycles. The van der Waals surface area contributed by atoms with Crippen LogP contribution in [0.25, 0.3) is 11.4 Å². The molecule has 0 aliphatic carbocycles. The zero-order chi connectivity index (χ0) is 16.9. The molecule has 1 saturated heterocycles. The Morgan fingerprint density at radius 3 is 2.67 bits per heavy atom. The van der Waals surface area contributed by atoms with Gasteiger partial charge in [0.05, 0.1) is 29.3 Å². The largest absolute Gasteiger partial charge is 0.372 e. The molecule has 3 rings (SSSR count). The van der Waals surface area contributed by atoms with Crippen LogP contribution in [0.3, 0.4) is 0 Å². The van der Waals surface area contributed by atoms with Crippen LogP contribution in [0.5, 0.6) is 0 Å². The third-order valence-corrected chi connectivity index (χ3v) is 4.50. The number of ether oxygens (including phenoxy) is 1. The minimum absolute atomic E-state index is 0.0754. The number of hydrogen-bond donors (Lipinski definition) is 0. The number of amides is 1. The molecule has 6 nitrogen and oxygen atoms in total. The highest BCUT2D eigenvalue weighted by Gasteiger charge is 2.25. The van der Waals surface area contributed by atoms with Gasteiger partial charge in [0.1, 0.15) is 0 Å². The predicted molar refractivity (Wildman–Crippen MR) is 92.6 cm³/mol. The molecule has 3 heterocycles. The lowest BCUT2D eigenvalue weighted by molar-refractivity contribution is -0.140. The maximum Gasteiger partial charge on any atom is 0.233 e. The van der Waals surface area contributed by atoms with E-state index in [1.807, 2.05) is 43.0 Å². The summed E-state index contributed by atoms with van der Waals surface area (Å²) in [6.45, 7) is 5.25. The number of carbonyl (C=O) groups is 1. The number of carbonyl (C=O) groups excluding carboxylic acids is 1. The van der Waals surface area contributed by atoms with Crippen molar-refractivity contribution in [2.75, 3.05) is 18.8 Å².